The number of aliphatic imine (C=N–C) groups is 1. The number of furan rings is 1. The number of hydrogen-bond donors (Lipinski definition) is 3. The van der Waals surface area contributed by atoms with Gasteiger partial charge in [0.25, 0.3) is 0 Å². The topological polar surface area (TPSA) is 89.6 Å². The fourth-order valence-electron chi connectivity index (χ4n) is 0.839. The van der Waals surface area contributed by atoms with Crippen LogP contribution in [0, 0.1) is 0 Å². The highest BCUT2D eigenvalue weighted by Gasteiger charge is 2.05. The molecule has 1 aromatic rings. The third kappa shape index (κ3) is 2.00. The summed E-state index contributed by atoms with van der Waals surface area (Å²) in [7, 11) is 0. The first-order valence-electron chi connectivity index (χ1n) is 3.57. The maximum absolute atomic E-state index is 5.35. The van der Waals surface area contributed by atoms with Crippen LogP contribution in [0.1, 0.15) is 18.7 Å². The predicted molar refractivity (Wildman–Crippen MR) is 46.1 cm³/mol. The van der Waals surface area contributed by atoms with Crippen LogP contribution in [-0.4, -0.2) is 5.96 Å². The highest BCUT2D eigenvalue weighted by atomic mass is 16.3. The minimum Gasteiger partial charge on any atom is -0.467 e. The zero-order chi connectivity index (χ0) is 8.97. The number of guanidine groups is 1. The smallest absolute Gasteiger partial charge is 0.203 e. The van der Waals surface area contributed by atoms with Crippen LogP contribution in [0.2, 0.25) is 0 Å². The van der Waals surface area contributed by atoms with E-state index in [1.54, 1.807) is 12.3 Å². The average Bonchev–Trinajstić information content (AvgIpc) is 2.56. The Hall–Kier alpha value is -1.49. The van der Waals surface area contributed by atoms with Crippen molar-refractivity contribution in [1.29, 1.82) is 0 Å². The number of nitrogens with two attached hydrogens (primary N) is 2. The molecule has 5 nitrogen and oxygen atoms in total. The molecule has 0 saturated heterocycles. The summed E-state index contributed by atoms with van der Waals surface area (Å²) in [4.78, 5) is 4.00. The monoisotopic (exact) mass is 168 g/mol. The fourth-order valence-corrected chi connectivity index (χ4v) is 0.839. The lowest BCUT2D eigenvalue weighted by atomic mass is 10.3. The zero-order valence-electron chi connectivity index (χ0n) is 6.82. The zero-order valence-corrected chi connectivity index (χ0v) is 6.82. The van der Waals surface area contributed by atoms with E-state index in [2.05, 4.69) is 10.4 Å². The van der Waals surface area contributed by atoms with Gasteiger partial charge in [0.2, 0.25) is 5.96 Å². The van der Waals surface area contributed by atoms with E-state index in [0.717, 1.165) is 5.76 Å². The Morgan fingerprint density at radius 2 is 2.50 bits per heavy atom. The van der Waals surface area contributed by atoms with E-state index in [4.69, 9.17) is 16.0 Å². The Balaban J connectivity index is 2.66. The fraction of sp³-hybridized carbons (Fsp3) is 0.286. The quantitative estimate of drug-likeness (QED) is 0.253. The summed E-state index contributed by atoms with van der Waals surface area (Å²) in [6.07, 6.45) is 1.59. The number of rotatable bonds is 2. The van der Waals surface area contributed by atoms with Crippen molar-refractivity contribution in [2.24, 2.45) is 16.6 Å². The molecule has 0 aromatic carbocycles. The molecule has 1 rings (SSSR count). The highest BCUT2D eigenvalue weighted by molar-refractivity contribution is 5.77. The first kappa shape index (κ1) is 8.61. The molecule has 12 heavy (non-hydrogen) atoms. The van der Waals surface area contributed by atoms with Gasteiger partial charge in [-0.25, -0.2) is 10.8 Å². The summed E-state index contributed by atoms with van der Waals surface area (Å²) >= 11 is 0. The Morgan fingerprint density at radius 3 is 3.00 bits per heavy atom. The second kappa shape index (κ2) is 3.77. The predicted octanol–water partition coefficient (Wildman–Crippen LogP) is 0.119. The standard InChI is InChI=1S/C7H12N4O/c1-5(10-7(8)11-9)6-3-2-4-12-6/h2-5H,9H2,1H3,(H3,8,10,11)/t5-/m1/s1. The lowest BCUT2D eigenvalue weighted by Gasteiger charge is -2.03. The third-order valence-corrected chi connectivity index (χ3v) is 1.44. The molecule has 66 valence electrons. The van der Waals surface area contributed by atoms with Crippen molar-refractivity contribution >= 4 is 5.96 Å². The van der Waals surface area contributed by atoms with Gasteiger partial charge in [-0.3, -0.25) is 5.43 Å². The molecule has 0 fully saturated rings. The molecule has 1 atom stereocenters. The first-order chi connectivity index (χ1) is 5.74. The Kier molecular flexibility index (Phi) is 2.71. The molecule has 0 spiro atoms. The van der Waals surface area contributed by atoms with Gasteiger partial charge >= 0.3 is 0 Å². The molecule has 5 heteroatoms. The summed E-state index contributed by atoms with van der Waals surface area (Å²) in [5, 5.41) is 0. The Labute approximate surface area is 70.4 Å². The van der Waals surface area contributed by atoms with Crippen molar-refractivity contribution in [2.75, 3.05) is 0 Å². The van der Waals surface area contributed by atoms with Crippen LogP contribution in [0.5, 0.6) is 0 Å². The van der Waals surface area contributed by atoms with Gasteiger partial charge in [0.1, 0.15) is 11.8 Å². The molecule has 1 aromatic heterocycles. The van der Waals surface area contributed by atoms with Gasteiger partial charge in [0, 0.05) is 0 Å². The third-order valence-electron chi connectivity index (χ3n) is 1.44. The Bertz CT molecular complexity index is 254. The van der Waals surface area contributed by atoms with E-state index in [9.17, 15) is 0 Å². The molecule has 5 N–H and O–H groups in total. The molecule has 0 aliphatic rings. The van der Waals surface area contributed by atoms with Crippen molar-refractivity contribution in [3.63, 3.8) is 0 Å². The average molecular weight is 168 g/mol. The van der Waals surface area contributed by atoms with Crippen molar-refractivity contribution in [3.05, 3.63) is 24.2 Å². The minimum atomic E-state index is -0.115. The van der Waals surface area contributed by atoms with E-state index in [-0.39, 0.29) is 12.0 Å². The van der Waals surface area contributed by atoms with E-state index in [1.165, 1.54) is 0 Å². The van der Waals surface area contributed by atoms with Crippen molar-refractivity contribution in [3.8, 4) is 0 Å². The number of nitrogens with one attached hydrogen (secondary N) is 1. The molecule has 1 heterocycles. The van der Waals surface area contributed by atoms with Crippen molar-refractivity contribution in [1.82, 2.24) is 5.43 Å². The van der Waals surface area contributed by atoms with Crippen molar-refractivity contribution in [2.45, 2.75) is 13.0 Å². The molecule has 0 aliphatic carbocycles. The summed E-state index contributed by atoms with van der Waals surface area (Å²) in [6.45, 7) is 1.86. The van der Waals surface area contributed by atoms with Gasteiger partial charge in [-0.1, -0.05) is 0 Å². The van der Waals surface area contributed by atoms with E-state index in [1.807, 2.05) is 13.0 Å². The normalized spacial score (nSPS) is 14.3. The van der Waals surface area contributed by atoms with Crippen LogP contribution >= 0.6 is 0 Å². The summed E-state index contributed by atoms with van der Waals surface area (Å²) in [6, 6.07) is 3.52. The second-order valence-electron chi connectivity index (χ2n) is 2.35. The summed E-state index contributed by atoms with van der Waals surface area (Å²) < 4.78 is 5.11. The number of nitrogens with zero attached hydrogens (tertiary/aromatic N) is 1. The molecule has 0 amide bonds. The van der Waals surface area contributed by atoms with Crippen LogP contribution in [0.15, 0.2) is 27.8 Å². The molecule has 0 radical (unpaired) electrons. The maximum atomic E-state index is 5.35. The van der Waals surface area contributed by atoms with Crippen LogP contribution in [-0.2, 0) is 0 Å². The summed E-state index contributed by atoms with van der Waals surface area (Å²) in [5.74, 6) is 5.99. The van der Waals surface area contributed by atoms with Gasteiger partial charge in [0.15, 0.2) is 0 Å². The van der Waals surface area contributed by atoms with Crippen LogP contribution in [0.3, 0.4) is 0 Å². The minimum absolute atomic E-state index is 0.115. The lowest BCUT2D eigenvalue weighted by molar-refractivity contribution is 0.480. The van der Waals surface area contributed by atoms with Crippen LogP contribution < -0.4 is 17.0 Å². The largest absolute Gasteiger partial charge is 0.467 e. The molecule has 0 unspecified atom stereocenters. The maximum Gasteiger partial charge on any atom is 0.203 e. The van der Waals surface area contributed by atoms with E-state index in [0.29, 0.717) is 0 Å². The molecule has 0 saturated carbocycles. The van der Waals surface area contributed by atoms with E-state index >= 15 is 0 Å². The molecular weight excluding hydrogens is 156 g/mol. The van der Waals surface area contributed by atoms with Crippen molar-refractivity contribution < 1.29 is 4.42 Å². The van der Waals surface area contributed by atoms with Crippen LogP contribution in [0.4, 0.5) is 0 Å². The first-order valence-corrected chi connectivity index (χ1v) is 3.57. The molecule has 0 aliphatic heterocycles. The summed E-state index contributed by atoms with van der Waals surface area (Å²) in [5.41, 5.74) is 7.60. The van der Waals surface area contributed by atoms with Crippen LogP contribution in [0.25, 0.3) is 0 Å². The van der Waals surface area contributed by atoms with Gasteiger partial charge in [-0.15, -0.1) is 0 Å². The Morgan fingerprint density at radius 1 is 1.75 bits per heavy atom. The highest BCUT2D eigenvalue weighted by Crippen LogP contribution is 2.15. The second-order valence-corrected chi connectivity index (χ2v) is 2.35. The number of hydrazine groups is 1. The van der Waals surface area contributed by atoms with Gasteiger partial charge in [-0.05, 0) is 19.1 Å². The van der Waals surface area contributed by atoms with Gasteiger partial charge in [0.05, 0.1) is 6.26 Å². The molecular formula is C7H12N4O. The number of hydrogen-bond acceptors (Lipinski definition) is 3. The lowest BCUT2D eigenvalue weighted by Crippen LogP contribution is -2.37. The van der Waals surface area contributed by atoms with Gasteiger partial charge < -0.3 is 10.2 Å². The van der Waals surface area contributed by atoms with Gasteiger partial charge in [-0.2, -0.15) is 0 Å². The SMILES string of the molecule is C[C@@H](N=C(N)NN)c1ccco1. The molecule has 0 bridgehead atoms. The van der Waals surface area contributed by atoms with E-state index < -0.39 is 0 Å².